The minimum Gasteiger partial charge on any atom is -0.295 e. The number of rotatable bonds is 1. The fourth-order valence-electron chi connectivity index (χ4n) is 4.01. The van der Waals surface area contributed by atoms with Gasteiger partial charge in [-0.3, -0.25) is 4.79 Å². The minimum atomic E-state index is 0.282. The van der Waals surface area contributed by atoms with Gasteiger partial charge in [0.2, 0.25) is 0 Å². The molecule has 21 heavy (non-hydrogen) atoms. The van der Waals surface area contributed by atoms with E-state index in [0.717, 1.165) is 29.4 Å². The lowest BCUT2D eigenvalue weighted by molar-refractivity contribution is -0.116. The van der Waals surface area contributed by atoms with Gasteiger partial charge in [-0.1, -0.05) is 44.2 Å². The molecule has 0 N–H and O–H groups in total. The first-order valence-electron chi connectivity index (χ1n) is 8.26. The van der Waals surface area contributed by atoms with Crippen LogP contribution in [-0.4, -0.2) is 5.78 Å². The second kappa shape index (κ2) is 5.94. The first kappa shape index (κ1) is 16.3. The van der Waals surface area contributed by atoms with Crippen LogP contribution in [0.5, 0.6) is 0 Å². The first-order chi connectivity index (χ1) is 9.73. The van der Waals surface area contributed by atoms with Crippen molar-refractivity contribution in [3.8, 4) is 0 Å². The molecule has 4 aliphatic rings. The summed E-state index contributed by atoms with van der Waals surface area (Å²) >= 11 is 0. The van der Waals surface area contributed by atoms with Crippen molar-refractivity contribution in [1.82, 2.24) is 0 Å². The molecule has 116 valence electrons. The zero-order valence-electron chi connectivity index (χ0n) is 14.2. The number of allylic oxidation sites excluding steroid dienone is 4. The van der Waals surface area contributed by atoms with E-state index in [1.54, 1.807) is 0 Å². The SMILES string of the molecule is C=C(C)C1CC=C(C)C(=O)C1.C=C1CCC2CC1C2(C)C. The normalized spacial score (nSPS) is 33.3. The maximum absolute atomic E-state index is 11.2. The van der Waals surface area contributed by atoms with Crippen molar-refractivity contribution in [2.45, 2.75) is 59.8 Å². The summed E-state index contributed by atoms with van der Waals surface area (Å²) in [5.41, 5.74) is 4.17. The lowest BCUT2D eigenvalue weighted by atomic mass is 9.47. The third-order valence-corrected chi connectivity index (χ3v) is 6.05. The van der Waals surface area contributed by atoms with E-state index in [4.69, 9.17) is 0 Å². The maximum Gasteiger partial charge on any atom is 0.158 e. The summed E-state index contributed by atoms with van der Waals surface area (Å²) in [5.74, 6) is 2.56. The molecule has 1 heteroatoms. The molecule has 0 radical (unpaired) electrons. The third-order valence-electron chi connectivity index (χ3n) is 6.05. The van der Waals surface area contributed by atoms with E-state index in [1.165, 1.54) is 24.8 Å². The fourth-order valence-corrected chi connectivity index (χ4v) is 4.01. The Morgan fingerprint density at radius 3 is 2.43 bits per heavy atom. The molecule has 3 saturated carbocycles. The van der Waals surface area contributed by atoms with Crippen LogP contribution in [0.25, 0.3) is 0 Å². The number of fused-ring (bicyclic) bond motifs is 2. The molecule has 0 amide bonds. The highest BCUT2D eigenvalue weighted by molar-refractivity contribution is 5.95. The average molecular weight is 286 g/mol. The van der Waals surface area contributed by atoms with Crippen molar-refractivity contribution in [3.05, 3.63) is 36.0 Å². The summed E-state index contributed by atoms with van der Waals surface area (Å²) in [4.78, 5) is 11.2. The van der Waals surface area contributed by atoms with Crippen LogP contribution in [0.4, 0.5) is 0 Å². The van der Waals surface area contributed by atoms with Gasteiger partial charge in [-0.2, -0.15) is 0 Å². The molecule has 3 unspecified atom stereocenters. The Labute approximate surface area is 130 Å². The van der Waals surface area contributed by atoms with E-state index in [0.29, 0.717) is 17.8 Å². The molecule has 3 atom stereocenters. The van der Waals surface area contributed by atoms with Crippen LogP contribution in [0.15, 0.2) is 36.0 Å². The van der Waals surface area contributed by atoms with Crippen molar-refractivity contribution in [1.29, 1.82) is 0 Å². The number of Topliss-reactive ketones (excluding diaryl/α,β-unsaturated/α-hetero) is 1. The van der Waals surface area contributed by atoms with E-state index in [9.17, 15) is 4.79 Å². The smallest absolute Gasteiger partial charge is 0.158 e. The molecule has 0 aliphatic heterocycles. The van der Waals surface area contributed by atoms with Crippen LogP contribution >= 0.6 is 0 Å². The lowest BCUT2D eigenvalue weighted by Gasteiger charge is -2.57. The van der Waals surface area contributed by atoms with Gasteiger partial charge in [-0.15, -0.1) is 0 Å². The van der Waals surface area contributed by atoms with Gasteiger partial charge in [0, 0.05) is 6.42 Å². The predicted molar refractivity (Wildman–Crippen MR) is 90.1 cm³/mol. The molecule has 0 saturated heterocycles. The average Bonchev–Trinajstić information content (AvgIpc) is 2.42. The number of hydrogen-bond donors (Lipinski definition) is 0. The van der Waals surface area contributed by atoms with Gasteiger partial charge in [-0.25, -0.2) is 0 Å². The highest BCUT2D eigenvalue weighted by Crippen LogP contribution is 2.60. The van der Waals surface area contributed by atoms with Crippen LogP contribution in [0, 0.1) is 23.2 Å². The second-order valence-corrected chi connectivity index (χ2v) is 7.80. The van der Waals surface area contributed by atoms with E-state index < -0.39 is 0 Å². The number of carbonyl (C=O) groups excluding carboxylic acids is 1. The fraction of sp³-hybridized carbons (Fsp3) is 0.650. The highest BCUT2D eigenvalue weighted by Gasteiger charge is 2.51. The summed E-state index contributed by atoms with van der Waals surface area (Å²) in [6.45, 7) is 16.7. The molecule has 0 aromatic rings. The summed E-state index contributed by atoms with van der Waals surface area (Å²) < 4.78 is 0. The largest absolute Gasteiger partial charge is 0.295 e. The van der Waals surface area contributed by atoms with Crippen LogP contribution in [0.2, 0.25) is 0 Å². The summed E-state index contributed by atoms with van der Waals surface area (Å²) in [6, 6.07) is 0. The van der Waals surface area contributed by atoms with Gasteiger partial charge >= 0.3 is 0 Å². The van der Waals surface area contributed by atoms with Crippen LogP contribution < -0.4 is 0 Å². The molecule has 0 aromatic heterocycles. The van der Waals surface area contributed by atoms with Crippen LogP contribution in [0.3, 0.4) is 0 Å². The standard InChI is InChI=1S/C10H14O.C10H16/c1-7(2)9-5-4-8(3)10(11)6-9;1-7-4-5-8-6-9(7)10(8,2)3/h4,9H,1,5-6H2,2-3H3;8-9H,1,4-6H2,2-3H3. The van der Waals surface area contributed by atoms with Crippen molar-refractivity contribution in [2.75, 3.05) is 0 Å². The topological polar surface area (TPSA) is 17.1 Å². The van der Waals surface area contributed by atoms with E-state index in [2.05, 4.69) is 27.0 Å². The summed E-state index contributed by atoms with van der Waals surface area (Å²) in [6.07, 6.45) is 7.82. The second-order valence-electron chi connectivity index (χ2n) is 7.80. The predicted octanol–water partition coefficient (Wildman–Crippen LogP) is 5.49. The Bertz CT molecular complexity index is 490. The third kappa shape index (κ3) is 3.22. The summed E-state index contributed by atoms with van der Waals surface area (Å²) in [5, 5.41) is 0. The molecule has 4 rings (SSSR count). The van der Waals surface area contributed by atoms with Crippen LogP contribution in [0.1, 0.15) is 59.8 Å². The van der Waals surface area contributed by atoms with Gasteiger partial charge < -0.3 is 0 Å². The van der Waals surface area contributed by atoms with E-state index in [-0.39, 0.29) is 5.78 Å². The zero-order valence-corrected chi connectivity index (χ0v) is 14.2. The van der Waals surface area contributed by atoms with Gasteiger partial charge in [0.1, 0.15) is 0 Å². The van der Waals surface area contributed by atoms with Crippen molar-refractivity contribution < 1.29 is 4.79 Å². The highest BCUT2D eigenvalue weighted by atomic mass is 16.1. The van der Waals surface area contributed by atoms with Gasteiger partial charge in [0.15, 0.2) is 5.78 Å². The molecule has 2 bridgehead atoms. The molecule has 0 spiro atoms. The Morgan fingerprint density at radius 1 is 1.38 bits per heavy atom. The monoisotopic (exact) mass is 286 g/mol. The number of hydrogen-bond acceptors (Lipinski definition) is 1. The van der Waals surface area contributed by atoms with Gasteiger partial charge in [0.05, 0.1) is 0 Å². The quantitative estimate of drug-likeness (QED) is 0.583. The number of carbonyl (C=O) groups is 1. The Hall–Kier alpha value is -1.11. The molecule has 0 aromatic carbocycles. The van der Waals surface area contributed by atoms with E-state index in [1.807, 2.05) is 19.9 Å². The Morgan fingerprint density at radius 2 is 2.05 bits per heavy atom. The number of ketones is 1. The summed E-state index contributed by atoms with van der Waals surface area (Å²) in [7, 11) is 0. The van der Waals surface area contributed by atoms with Crippen molar-refractivity contribution in [3.63, 3.8) is 0 Å². The molecule has 1 nitrogen and oxygen atoms in total. The van der Waals surface area contributed by atoms with Crippen molar-refractivity contribution in [2.24, 2.45) is 23.2 Å². The molecule has 4 aliphatic carbocycles. The molecular weight excluding hydrogens is 256 g/mol. The Balaban J connectivity index is 0.000000154. The van der Waals surface area contributed by atoms with Crippen molar-refractivity contribution >= 4 is 5.78 Å². The molecule has 0 heterocycles. The molecule has 3 fully saturated rings. The van der Waals surface area contributed by atoms with Gasteiger partial charge in [-0.05, 0) is 68.3 Å². The van der Waals surface area contributed by atoms with Gasteiger partial charge in [0.25, 0.3) is 0 Å². The zero-order chi connectivity index (χ0) is 15.8. The minimum absolute atomic E-state index is 0.282. The maximum atomic E-state index is 11.2. The first-order valence-corrected chi connectivity index (χ1v) is 8.26. The van der Waals surface area contributed by atoms with Crippen LogP contribution in [-0.2, 0) is 4.79 Å². The Kier molecular flexibility index (Phi) is 4.60. The van der Waals surface area contributed by atoms with E-state index >= 15 is 0 Å². The lowest BCUT2D eigenvalue weighted by Crippen LogP contribution is -2.48. The molecular formula is C20H30O.